The second-order valence-corrected chi connectivity index (χ2v) is 5.58. The topological polar surface area (TPSA) is 64.1 Å². The highest BCUT2D eigenvalue weighted by Gasteiger charge is 2.16. The van der Waals surface area contributed by atoms with Crippen LogP contribution in [0.3, 0.4) is 0 Å². The summed E-state index contributed by atoms with van der Waals surface area (Å²) in [7, 11) is 0. The van der Waals surface area contributed by atoms with E-state index in [1.54, 1.807) is 0 Å². The van der Waals surface area contributed by atoms with Crippen molar-refractivity contribution in [1.29, 1.82) is 0 Å². The molecule has 0 saturated heterocycles. The van der Waals surface area contributed by atoms with Crippen molar-refractivity contribution < 1.29 is 4.52 Å². The molecule has 0 fully saturated rings. The zero-order valence-corrected chi connectivity index (χ0v) is 12.8. The predicted molar refractivity (Wildman–Crippen MR) is 81.6 cm³/mol. The van der Waals surface area contributed by atoms with Gasteiger partial charge in [0.05, 0.1) is 23.1 Å². The molecule has 1 atom stereocenters. The van der Waals surface area contributed by atoms with Crippen LogP contribution in [0.2, 0.25) is 0 Å². The number of nitrogens with zero attached hydrogens (tertiary/aromatic N) is 1. The lowest BCUT2D eigenvalue weighted by Gasteiger charge is -2.16. The highest BCUT2D eigenvalue weighted by Crippen LogP contribution is 2.28. The van der Waals surface area contributed by atoms with Gasteiger partial charge in [0, 0.05) is 9.13 Å². The number of nitrogen functional groups attached to an aromatic ring is 1. The Morgan fingerprint density at radius 1 is 1.39 bits per heavy atom. The summed E-state index contributed by atoms with van der Waals surface area (Å²) in [6.45, 7) is 5.94. The van der Waals surface area contributed by atoms with Gasteiger partial charge in [-0.05, 0) is 61.6 Å². The lowest BCUT2D eigenvalue weighted by Crippen LogP contribution is -2.10. The third kappa shape index (κ3) is 2.60. The highest BCUT2D eigenvalue weighted by atomic mass is 127. The molecule has 0 aliphatic rings. The van der Waals surface area contributed by atoms with E-state index in [-0.39, 0.29) is 6.04 Å². The van der Waals surface area contributed by atoms with Gasteiger partial charge in [-0.15, -0.1) is 0 Å². The van der Waals surface area contributed by atoms with Crippen LogP contribution in [0.1, 0.15) is 30.0 Å². The number of aromatic nitrogens is 1. The standard InChI is InChI=1S/C13H16IN3O/c1-7(13-8(2)17-18-9(13)3)16-12-5-4-10(14)6-11(12)15/h4-7,16H,15H2,1-3H3. The Labute approximate surface area is 120 Å². The molecular formula is C13H16IN3O. The molecule has 1 aromatic carbocycles. The monoisotopic (exact) mass is 357 g/mol. The highest BCUT2D eigenvalue weighted by molar-refractivity contribution is 14.1. The number of benzene rings is 1. The molecule has 0 spiro atoms. The summed E-state index contributed by atoms with van der Waals surface area (Å²) in [5.74, 6) is 0.844. The van der Waals surface area contributed by atoms with E-state index in [0.29, 0.717) is 0 Å². The third-order valence-electron chi connectivity index (χ3n) is 2.91. The fourth-order valence-electron chi connectivity index (χ4n) is 2.08. The minimum absolute atomic E-state index is 0.110. The number of halogens is 1. The SMILES string of the molecule is Cc1noc(C)c1C(C)Nc1ccc(I)cc1N. The van der Waals surface area contributed by atoms with Gasteiger partial charge in [0.15, 0.2) is 0 Å². The fourth-order valence-corrected chi connectivity index (χ4v) is 2.59. The quantitative estimate of drug-likeness (QED) is 0.650. The first-order chi connectivity index (χ1) is 8.49. The first kappa shape index (κ1) is 13.2. The van der Waals surface area contributed by atoms with E-state index in [0.717, 1.165) is 32.0 Å². The Hall–Kier alpha value is -1.24. The van der Waals surface area contributed by atoms with Crippen LogP contribution in [-0.4, -0.2) is 5.16 Å². The van der Waals surface area contributed by atoms with Gasteiger partial charge in [-0.3, -0.25) is 0 Å². The smallest absolute Gasteiger partial charge is 0.139 e. The van der Waals surface area contributed by atoms with Crippen LogP contribution in [0, 0.1) is 17.4 Å². The fraction of sp³-hybridized carbons (Fsp3) is 0.308. The van der Waals surface area contributed by atoms with Gasteiger partial charge >= 0.3 is 0 Å². The van der Waals surface area contributed by atoms with Gasteiger partial charge in [-0.25, -0.2) is 0 Å². The second-order valence-electron chi connectivity index (χ2n) is 4.34. The summed E-state index contributed by atoms with van der Waals surface area (Å²) in [5.41, 5.74) is 9.68. The molecule has 0 radical (unpaired) electrons. The molecule has 0 aliphatic carbocycles. The van der Waals surface area contributed by atoms with Crippen LogP contribution in [0.25, 0.3) is 0 Å². The molecule has 1 unspecified atom stereocenters. The van der Waals surface area contributed by atoms with Crippen LogP contribution >= 0.6 is 22.6 Å². The number of rotatable bonds is 3. The van der Waals surface area contributed by atoms with Crippen molar-refractivity contribution in [3.8, 4) is 0 Å². The molecule has 1 aromatic heterocycles. The van der Waals surface area contributed by atoms with Crippen LogP contribution in [0.5, 0.6) is 0 Å². The largest absolute Gasteiger partial charge is 0.397 e. The lowest BCUT2D eigenvalue weighted by atomic mass is 10.1. The normalized spacial score (nSPS) is 12.4. The minimum atomic E-state index is 0.110. The maximum absolute atomic E-state index is 5.99. The maximum Gasteiger partial charge on any atom is 0.139 e. The summed E-state index contributed by atoms with van der Waals surface area (Å²) < 4.78 is 6.31. The Kier molecular flexibility index (Phi) is 3.79. The summed E-state index contributed by atoms with van der Waals surface area (Å²) in [5, 5.41) is 7.36. The van der Waals surface area contributed by atoms with Crippen molar-refractivity contribution in [3.63, 3.8) is 0 Å². The molecule has 3 N–H and O–H groups in total. The third-order valence-corrected chi connectivity index (χ3v) is 3.58. The maximum atomic E-state index is 5.99. The van der Waals surface area contributed by atoms with E-state index in [1.807, 2.05) is 32.0 Å². The lowest BCUT2D eigenvalue weighted by molar-refractivity contribution is 0.392. The number of hydrogen-bond acceptors (Lipinski definition) is 4. The Bertz CT molecular complexity index is 546. The van der Waals surface area contributed by atoms with E-state index in [4.69, 9.17) is 10.3 Å². The van der Waals surface area contributed by atoms with Gasteiger partial charge in [-0.2, -0.15) is 0 Å². The molecule has 0 bridgehead atoms. The number of hydrogen-bond donors (Lipinski definition) is 2. The van der Waals surface area contributed by atoms with Gasteiger partial charge in [0.1, 0.15) is 5.76 Å². The first-order valence-electron chi connectivity index (χ1n) is 5.73. The zero-order chi connectivity index (χ0) is 13.3. The van der Waals surface area contributed by atoms with E-state index >= 15 is 0 Å². The average molecular weight is 357 g/mol. The van der Waals surface area contributed by atoms with Crippen molar-refractivity contribution in [2.75, 3.05) is 11.1 Å². The molecule has 2 rings (SSSR count). The minimum Gasteiger partial charge on any atom is -0.397 e. The second kappa shape index (κ2) is 5.17. The molecule has 0 amide bonds. The summed E-state index contributed by atoms with van der Waals surface area (Å²) in [6.07, 6.45) is 0. The molecule has 96 valence electrons. The Morgan fingerprint density at radius 2 is 2.11 bits per heavy atom. The summed E-state index contributed by atoms with van der Waals surface area (Å²) in [6, 6.07) is 6.08. The summed E-state index contributed by atoms with van der Waals surface area (Å²) in [4.78, 5) is 0. The van der Waals surface area contributed by atoms with Crippen molar-refractivity contribution in [2.45, 2.75) is 26.8 Å². The van der Waals surface area contributed by atoms with E-state index in [9.17, 15) is 0 Å². The molecule has 1 heterocycles. The van der Waals surface area contributed by atoms with Crippen LogP contribution in [-0.2, 0) is 0 Å². The summed E-state index contributed by atoms with van der Waals surface area (Å²) >= 11 is 2.24. The van der Waals surface area contributed by atoms with E-state index < -0.39 is 0 Å². The van der Waals surface area contributed by atoms with Crippen LogP contribution in [0.15, 0.2) is 22.7 Å². The zero-order valence-electron chi connectivity index (χ0n) is 10.6. The van der Waals surface area contributed by atoms with Gasteiger partial charge < -0.3 is 15.6 Å². The molecule has 2 aromatic rings. The number of aryl methyl sites for hydroxylation is 2. The van der Waals surface area contributed by atoms with E-state index in [2.05, 4.69) is 40.0 Å². The van der Waals surface area contributed by atoms with Gasteiger partial charge in [0.25, 0.3) is 0 Å². The molecule has 5 heteroatoms. The molecule has 0 aliphatic heterocycles. The molecule has 0 saturated carbocycles. The van der Waals surface area contributed by atoms with Crippen LogP contribution < -0.4 is 11.1 Å². The van der Waals surface area contributed by atoms with Crippen molar-refractivity contribution in [2.24, 2.45) is 0 Å². The van der Waals surface area contributed by atoms with Crippen molar-refractivity contribution in [1.82, 2.24) is 5.16 Å². The molecular weight excluding hydrogens is 341 g/mol. The van der Waals surface area contributed by atoms with E-state index in [1.165, 1.54) is 0 Å². The number of nitrogens with two attached hydrogens (primary N) is 1. The Morgan fingerprint density at radius 3 is 2.67 bits per heavy atom. The first-order valence-corrected chi connectivity index (χ1v) is 6.81. The molecule has 4 nitrogen and oxygen atoms in total. The number of nitrogens with one attached hydrogen (secondary N) is 1. The van der Waals surface area contributed by atoms with Crippen molar-refractivity contribution >= 4 is 34.0 Å². The van der Waals surface area contributed by atoms with Crippen molar-refractivity contribution in [3.05, 3.63) is 38.8 Å². The predicted octanol–water partition coefficient (Wildman–Crippen LogP) is 3.65. The Balaban J connectivity index is 2.24. The van der Waals surface area contributed by atoms with Gasteiger partial charge in [-0.1, -0.05) is 5.16 Å². The average Bonchev–Trinajstić information content (AvgIpc) is 2.62. The molecule has 18 heavy (non-hydrogen) atoms. The number of anilines is 2. The van der Waals surface area contributed by atoms with Crippen LogP contribution in [0.4, 0.5) is 11.4 Å². The van der Waals surface area contributed by atoms with Gasteiger partial charge in [0.2, 0.25) is 0 Å².